The Labute approximate surface area is 135 Å². The maximum atomic E-state index is 13.1. The van der Waals surface area contributed by atoms with Gasteiger partial charge in [-0.3, -0.25) is 9.48 Å². The van der Waals surface area contributed by atoms with Crippen molar-refractivity contribution in [3.05, 3.63) is 59.0 Å². The molecule has 0 radical (unpaired) electrons. The number of carbonyl (C=O) groups is 1. The van der Waals surface area contributed by atoms with Crippen molar-refractivity contribution in [2.45, 2.75) is 32.0 Å². The maximum Gasteiger partial charge on any atom is 0.407 e. The second-order valence-corrected chi connectivity index (χ2v) is 5.72. The third kappa shape index (κ3) is 3.45. The van der Waals surface area contributed by atoms with Crippen molar-refractivity contribution in [2.75, 3.05) is 0 Å². The average Bonchev–Trinajstić information content (AvgIpc) is 2.93. The van der Waals surface area contributed by atoms with Crippen LogP contribution in [0.25, 0.3) is 4.85 Å². The second-order valence-electron chi connectivity index (χ2n) is 5.72. The van der Waals surface area contributed by atoms with Gasteiger partial charge in [0.15, 0.2) is 17.3 Å². The van der Waals surface area contributed by atoms with Crippen LogP contribution in [-0.4, -0.2) is 15.6 Å². The number of rotatable bonds is 4. The molecule has 0 saturated heterocycles. The fraction of sp³-hybridized carbons (Fsp3) is 0.312. The van der Waals surface area contributed by atoms with Crippen LogP contribution >= 0.6 is 0 Å². The van der Waals surface area contributed by atoms with Gasteiger partial charge in [-0.25, -0.2) is 9.24 Å². The molecule has 0 amide bonds. The fourth-order valence-corrected chi connectivity index (χ4v) is 2.15. The number of benzene rings is 1. The summed E-state index contributed by atoms with van der Waals surface area (Å²) in [6.07, 6.45) is -2.99. The van der Waals surface area contributed by atoms with Gasteiger partial charge < -0.3 is 0 Å². The second kappa shape index (κ2) is 6.07. The van der Waals surface area contributed by atoms with Gasteiger partial charge >= 0.3 is 6.18 Å². The first kappa shape index (κ1) is 17.7. The first-order valence-electron chi connectivity index (χ1n) is 6.87. The number of Topliss-reactive ketones (excluding diaryl/α,β-unsaturated/α-hetero) is 1. The van der Waals surface area contributed by atoms with E-state index in [-0.39, 0.29) is 12.0 Å². The van der Waals surface area contributed by atoms with Crippen LogP contribution in [0.1, 0.15) is 25.0 Å². The Morgan fingerprint density at radius 1 is 1.33 bits per heavy atom. The molecule has 0 N–H and O–H groups in total. The predicted molar refractivity (Wildman–Crippen MR) is 77.9 cm³/mol. The number of alkyl halides is 3. The standard InChI is InChI=1S/C16H13F4N3O/c1-15(2,23-9-11(17)8-22-23)14(24)7-10-4-5-13(21-3)12(6-10)16(18,19)20/h4-6,8-9H,7H2,1-2H3. The van der Waals surface area contributed by atoms with Crippen LogP contribution in [0.2, 0.25) is 0 Å². The van der Waals surface area contributed by atoms with Gasteiger partial charge in [0.2, 0.25) is 0 Å². The Bertz CT molecular complexity index is 815. The molecule has 0 aliphatic rings. The van der Waals surface area contributed by atoms with Gasteiger partial charge in [0.05, 0.1) is 24.5 Å². The van der Waals surface area contributed by atoms with E-state index in [4.69, 9.17) is 6.57 Å². The van der Waals surface area contributed by atoms with E-state index in [1.807, 2.05) is 0 Å². The van der Waals surface area contributed by atoms with Gasteiger partial charge in [-0.2, -0.15) is 18.3 Å². The summed E-state index contributed by atoms with van der Waals surface area (Å²) < 4.78 is 53.1. The van der Waals surface area contributed by atoms with Crippen molar-refractivity contribution in [1.82, 2.24) is 9.78 Å². The highest BCUT2D eigenvalue weighted by molar-refractivity contribution is 5.87. The molecule has 0 unspecified atom stereocenters. The molecule has 0 spiro atoms. The van der Waals surface area contributed by atoms with Crippen LogP contribution in [0, 0.1) is 12.4 Å². The summed E-state index contributed by atoms with van der Waals surface area (Å²) in [5.74, 6) is -1.05. The first-order chi connectivity index (χ1) is 11.1. The lowest BCUT2D eigenvalue weighted by Gasteiger charge is -2.24. The van der Waals surface area contributed by atoms with Gasteiger partial charge in [0.1, 0.15) is 5.54 Å². The van der Waals surface area contributed by atoms with Crippen LogP contribution in [0.5, 0.6) is 0 Å². The Hall–Kier alpha value is -2.69. The first-order valence-corrected chi connectivity index (χ1v) is 6.87. The summed E-state index contributed by atoms with van der Waals surface area (Å²) in [5.41, 5.74) is -2.69. The van der Waals surface area contributed by atoms with Gasteiger partial charge in [0.25, 0.3) is 0 Å². The maximum absolute atomic E-state index is 13.1. The molecular formula is C16H13F4N3O. The topological polar surface area (TPSA) is 39.2 Å². The normalized spacial score (nSPS) is 12.0. The molecule has 0 bridgehead atoms. The summed E-state index contributed by atoms with van der Waals surface area (Å²) in [5, 5.41) is 3.74. The lowest BCUT2D eigenvalue weighted by molar-refractivity contribution is -0.137. The highest BCUT2D eigenvalue weighted by Gasteiger charge is 2.35. The monoisotopic (exact) mass is 339 g/mol. The zero-order valence-corrected chi connectivity index (χ0v) is 12.9. The number of hydrogen-bond donors (Lipinski definition) is 0. The molecule has 0 aliphatic heterocycles. The number of hydrogen-bond acceptors (Lipinski definition) is 2. The van der Waals surface area contributed by atoms with E-state index in [1.165, 1.54) is 19.9 Å². The van der Waals surface area contributed by atoms with E-state index in [1.54, 1.807) is 0 Å². The zero-order valence-electron chi connectivity index (χ0n) is 12.9. The molecule has 0 fully saturated rings. The molecule has 1 aromatic carbocycles. The van der Waals surface area contributed by atoms with Crippen molar-refractivity contribution in [2.24, 2.45) is 0 Å². The molecule has 0 aliphatic carbocycles. The molecule has 24 heavy (non-hydrogen) atoms. The zero-order chi connectivity index (χ0) is 18.1. The average molecular weight is 339 g/mol. The van der Waals surface area contributed by atoms with Crippen LogP contribution < -0.4 is 0 Å². The largest absolute Gasteiger partial charge is 0.407 e. The molecular weight excluding hydrogens is 326 g/mol. The molecule has 8 heteroatoms. The third-order valence-corrected chi connectivity index (χ3v) is 3.66. The van der Waals surface area contributed by atoms with Crippen LogP contribution in [-0.2, 0) is 22.9 Å². The van der Waals surface area contributed by atoms with E-state index in [2.05, 4.69) is 9.94 Å². The van der Waals surface area contributed by atoms with Crippen LogP contribution in [0.4, 0.5) is 23.2 Å². The number of ketones is 1. The lowest BCUT2D eigenvalue weighted by atomic mass is 9.93. The van der Waals surface area contributed by atoms with Crippen molar-refractivity contribution < 1.29 is 22.4 Å². The van der Waals surface area contributed by atoms with E-state index < -0.39 is 34.6 Å². The molecule has 1 aromatic heterocycles. The molecule has 4 nitrogen and oxygen atoms in total. The molecule has 126 valence electrons. The summed E-state index contributed by atoms with van der Waals surface area (Å²) >= 11 is 0. The smallest absolute Gasteiger partial charge is 0.297 e. The Morgan fingerprint density at radius 2 is 2.00 bits per heavy atom. The van der Waals surface area contributed by atoms with Gasteiger partial charge in [0, 0.05) is 6.42 Å². The summed E-state index contributed by atoms with van der Waals surface area (Å²) in [6, 6.07) is 3.14. The summed E-state index contributed by atoms with van der Waals surface area (Å²) in [6.45, 7) is 9.80. The van der Waals surface area contributed by atoms with Gasteiger partial charge in [-0.15, -0.1) is 0 Å². The molecule has 0 saturated carbocycles. The van der Waals surface area contributed by atoms with E-state index >= 15 is 0 Å². The highest BCUT2D eigenvalue weighted by atomic mass is 19.4. The van der Waals surface area contributed by atoms with Crippen LogP contribution in [0.3, 0.4) is 0 Å². The quantitative estimate of drug-likeness (QED) is 0.620. The number of aromatic nitrogens is 2. The molecule has 2 aromatic rings. The molecule has 0 atom stereocenters. The Balaban J connectivity index is 2.31. The van der Waals surface area contributed by atoms with Crippen molar-refractivity contribution in [3.8, 4) is 0 Å². The third-order valence-electron chi connectivity index (χ3n) is 3.66. The minimum atomic E-state index is -4.68. The highest BCUT2D eigenvalue weighted by Crippen LogP contribution is 2.37. The number of carbonyl (C=O) groups excluding carboxylic acids is 1. The SMILES string of the molecule is [C-]#[N+]c1ccc(CC(=O)C(C)(C)n2cc(F)cn2)cc1C(F)(F)F. The number of nitrogens with zero attached hydrogens (tertiary/aromatic N) is 3. The van der Waals surface area contributed by atoms with Crippen molar-refractivity contribution >= 4 is 11.5 Å². The lowest BCUT2D eigenvalue weighted by Crippen LogP contribution is -2.37. The van der Waals surface area contributed by atoms with Crippen molar-refractivity contribution in [1.29, 1.82) is 0 Å². The summed E-state index contributed by atoms with van der Waals surface area (Å²) in [4.78, 5) is 15.3. The minimum absolute atomic E-state index is 0.125. The molecule has 2 rings (SSSR count). The van der Waals surface area contributed by atoms with Crippen molar-refractivity contribution in [3.63, 3.8) is 0 Å². The Morgan fingerprint density at radius 3 is 2.50 bits per heavy atom. The van der Waals surface area contributed by atoms with Crippen LogP contribution in [0.15, 0.2) is 30.6 Å². The fourth-order valence-electron chi connectivity index (χ4n) is 2.15. The van der Waals surface area contributed by atoms with E-state index in [9.17, 15) is 22.4 Å². The molecule has 1 heterocycles. The van der Waals surface area contributed by atoms with E-state index in [0.717, 1.165) is 29.2 Å². The predicted octanol–water partition coefficient (Wildman–Crippen LogP) is 4.14. The Kier molecular flexibility index (Phi) is 4.47. The van der Waals surface area contributed by atoms with E-state index in [0.29, 0.717) is 0 Å². The van der Waals surface area contributed by atoms with Gasteiger partial charge in [-0.1, -0.05) is 18.2 Å². The van der Waals surface area contributed by atoms with Gasteiger partial charge in [-0.05, 0) is 19.4 Å². The number of halogens is 4. The minimum Gasteiger partial charge on any atom is -0.297 e. The summed E-state index contributed by atoms with van der Waals surface area (Å²) in [7, 11) is 0.